The van der Waals surface area contributed by atoms with E-state index in [4.69, 9.17) is 5.11 Å². The van der Waals surface area contributed by atoms with Gasteiger partial charge in [0.15, 0.2) is 5.69 Å². The van der Waals surface area contributed by atoms with Crippen molar-refractivity contribution in [3.63, 3.8) is 0 Å². The summed E-state index contributed by atoms with van der Waals surface area (Å²) in [5, 5.41) is 20.8. The van der Waals surface area contributed by atoms with Crippen LogP contribution in [0.25, 0.3) is 11.3 Å². The number of carbonyl (C=O) groups is 1. The third-order valence-electron chi connectivity index (χ3n) is 2.42. The number of thioether (sulfide) groups is 1. The Hall–Kier alpha value is -1.83. The van der Waals surface area contributed by atoms with E-state index in [2.05, 4.69) is 15.4 Å². The van der Waals surface area contributed by atoms with Crippen molar-refractivity contribution in [2.45, 2.75) is 6.54 Å². The maximum atomic E-state index is 11.1. The molecule has 2 aromatic heterocycles. The van der Waals surface area contributed by atoms with Gasteiger partial charge < -0.3 is 5.11 Å². The molecule has 96 valence electrons. The summed E-state index contributed by atoms with van der Waals surface area (Å²) < 4.78 is 3.23. The van der Waals surface area contributed by atoms with E-state index in [9.17, 15) is 4.79 Å². The Kier molecular flexibility index (Phi) is 3.66. The highest BCUT2D eigenvalue weighted by Gasteiger charge is 2.21. The molecule has 0 saturated heterocycles. The topological polar surface area (TPSA) is 85.8 Å². The predicted molar refractivity (Wildman–Crippen MR) is 67.6 cm³/mol. The zero-order valence-electron chi connectivity index (χ0n) is 10.1. The minimum Gasteiger partial charge on any atom is -0.476 e. The standard InChI is InChI=1S/C10H13N5O2S/c1-14-6-7(5-11-14)9-8(10(16)17)12-13-15(9)3-4-18-2/h5-6H,3-4H2,1-2H3,(H,16,17). The van der Waals surface area contributed by atoms with Crippen LogP contribution in [0.15, 0.2) is 12.4 Å². The lowest BCUT2D eigenvalue weighted by molar-refractivity contribution is 0.0691. The van der Waals surface area contributed by atoms with Crippen molar-refractivity contribution in [2.24, 2.45) is 7.05 Å². The highest BCUT2D eigenvalue weighted by molar-refractivity contribution is 7.98. The van der Waals surface area contributed by atoms with E-state index in [0.29, 0.717) is 17.8 Å². The van der Waals surface area contributed by atoms with Crippen LogP contribution in [0.1, 0.15) is 10.5 Å². The van der Waals surface area contributed by atoms with Crippen molar-refractivity contribution >= 4 is 17.7 Å². The molecule has 2 aromatic rings. The average molecular weight is 267 g/mol. The summed E-state index contributed by atoms with van der Waals surface area (Å²) in [6.07, 6.45) is 5.35. The fourth-order valence-corrected chi connectivity index (χ4v) is 1.98. The average Bonchev–Trinajstić information content (AvgIpc) is 2.91. The van der Waals surface area contributed by atoms with Gasteiger partial charge in [-0.15, -0.1) is 5.10 Å². The summed E-state index contributed by atoms with van der Waals surface area (Å²) in [7, 11) is 1.78. The minimum atomic E-state index is -1.08. The molecule has 0 aliphatic carbocycles. The summed E-state index contributed by atoms with van der Waals surface area (Å²) in [6, 6.07) is 0. The Labute approximate surface area is 108 Å². The van der Waals surface area contributed by atoms with Gasteiger partial charge >= 0.3 is 5.97 Å². The molecule has 0 aliphatic rings. The second-order valence-corrected chi connectivity index (χ2v) is 4.70. The van der Waals surface area contributed by atoms with E-state index in [1.807, 2.05) is 6.26 Å². The second kappa shape index (κ2) is 5.21. The van der Waals surface area contributed by atoms with Gasteiger partial charge in [0.25, 0.3) is 0 Å². The molecule has 0 radical (unpaired) electrons. The van der Waals surface area contributed by atoms with Gasteiger partial charge in [-0.3, -0.25) is 4.68 Å². The molecule has 18 heavy (non-hydrogen) atoms. The molecule has 2 heterocycles. The van der Waals surface area contributed by atoms with Crippen LogP contribution >= 0.6 is 11.8 Å². The molecule has 0 aromatic carbocycles. The number of aryl methyl sites for hydroxylation is 2. The number of hydrogen-bond acceptors (Lipinski definition) is 5. The molecular weight excluding hydrogens is 254 g/mol. The molecular formula is C10H13N5O2S. The van der Waals surface area contributed by atoms with Gasteiger partial charge in [-0.1, -0.05) is 5.21 Å². The Morgan fingerprint density at radius 3 is 2.89 bits per heavy atom. The fraction of sp³-hybridized carbons (Fsp3) is 0.400. The van der Waals surface area contributed by atoms with Gasteiger partial charge in [0.1, 0.15) is 5.69 Å². The molecule has 7 nitrogen and oxygen atoms in total. The summed E-state index contributed by atoms with van der Waals surface area (Å²) in [5.74, 6) is -0.236. The maximum Gasteiger partial charge on any atom is 0.358 e. The Balaban J connectivity index is 2.46. The first kappa shape index (κ1) is 12.6. The summed E-state index contributed by atoms with van der Waals surface area (Å²) >= 11 is 1.67. The van der Waals surface area contributed by atoms with E-state index in [1.165, 1.54) is 0 Å². The monoisotopic (exact) mass is 267 g/mol. The van der Waals surface area contributed by atoms with Crippen LogP contribution in [0.3, 0.4) is 0 Å². The van der Waals surface area contributed by atoms with Crippen LogP contribution in [-0.2, 0) is 13.6 Å². The van der Waals surface area contributed by atoms with Gasteiger partial charge in [-0.05, 0) is 6.26 Å². The van der Waals surface area contributed by atoms with Crippen molar-refractivity contribution in [3.8, 4) is 11.3 Å². The van der Waals surface area contributed by atoms with Crippen molar-refractivity contribution in [1.29, 1.82) is 0 Å². The fourth-order valence-electron chi connectivity index (χ4n) is 1.62. The molecule has 8 heteroatoms. The van der Waals surface area contributed by atoms with Crippen LogP contribution in [0.2, 0.25) is 0 Å². The van der Waals surface area contributed by atoms with E-state index in [-0.39, 0.29) is 5.69 Å². The zero-order chi connectivity index (χ0) is 13.1. The van der Waals surface area contributed by atoms with Crippen LogP contribution in [-0.4, -0.2) is 47.9 Å². The predicted octanol–water partition coefficient (Wildman–Crippen LogP) is 0.740. The van der Waals surface area contributed by atoms with E-state index < -0.39 is 5.97 Å². The first-order valence-electron chi connectivity index (χ1n) is 5.28. The first-order chi connectivity index (χ1) is 8.63. The lowest BCUT2D eigenvalue weighted by Gasteiger charge is -2.03. The maximum absolute atomic E-state index is 11.1. The largest absolute Gasteiger partial charge is 0.476 e. The molecule has 0 spiro atoms. The third kappa shape index (κ3) is 2.37. The van der Waals surface area contributed by atoms with E-state index in [1.54, 1.807) is 40.6 Å². The number of aromatic carboxylic acids is 1. The summed E-state index contributed by atoms with van der Waals surface area (Å²) in [4.78, 5) is 11.1. The SMILES string of the molecule is CSCCn1nnc(C(=O)O)c1-c1cnn(C)c1. The first-order valence-corrected chi connectivity index (χ1v) is 6.67. The number of nitrogens with zero attached hydrogens (tertiary/aromatic N) is 5. The number of hydrogen-bond donors (Lipinski definition) is 1. The number of aromatic nitrogens is 5. The third-order valence-corrected chi connectivity index (χ3v) is 3.01. The van der Waals surface area contributed by atoms with Gasteiger partial charge in [-0.2, -0.15) is 16.9 Å². The zero-order valence-corrected chi connectivity index (χ0v) is 10.9. The number of carboxylic acids is 1. The number of carboxylic acid groups (broad SMARTS) is 1. The molecule has 0 aliphatic heterocycles. The molecule has 0 bridgehead atoms. The van der Waals surface area contributed by atoms with Crippen molar-refractivity contribution in [3.05, 3.63) is 18.1 Å². The van der Waals surface area contributed by atoms with Crippen LogP contribution in [0, 0.1) is 0 Å². The normalized spacial score (nSPS) is 10.8. The Morgan fingerprint density at radius 2 is 2.33 bits per heavy atom. The van der Waals surface area contributed by atoms with Crippen molar-refractivity contribution < 1.29 is 9.90 Å². The van der Waals surface area contributed by atoms with Crippen molar-refractivity contribution in [2.75, 3.05) is 12.0 Å². The van der Waals surface area contributed by atoms with Crippen LogP contribution < -0.4 is 0 Å². The second-order valence-electron chi connectivity index (χ2n) is 3.71. The van der Waals surface area contributed by atoms with Crippen LogP contribution in [0.4, 0.5) is 0 Å². The lowest BCUT2D eigenvalue weighted by Crippen LogP contribution is -2.06. The molecule has 1 N–H and O–H groups in total. The quantitative estimate of drug-likeness (QED) is 0.860. The Morgan fingerprint density at radius 1 is 1.56 bits per heavy atom. The van der Waals surface area contributed by atoms with Gasteiger partial charge in [0.05, 0.1) is 12.7 Å². The Bertz CT molecular complexity index is 562. The molecule has 0 fully saturated rings. The van der Waals surface area contributed by atoms with Crippen LogP contribution in [0.5, 0.6) is 0 Å². The van der Waals surface area contributed by atoms with E-state index in [0.717, 1.165) is 5.75 Å². The summed E-state index contributed by atoms with van der Waals surface area (Å²) in [6.45, 7) is 0.617. The molecule has 0 amide bonds. The highest BCUT2D eigenvalue weighted by atomic mass is 32.2. The van der Waals surface area contributed by atoms with Gasteiger partial charge in [0, 0.05) is 24.6 Å². The summed E-state index contributed by atoms with van der Waals surface area (Å²) in [5.41, 5.74) is 1.18. The molecule has 0 saturated carbocycles. The van der Waals surface area contributed by atoms with E-state index >= 15 is 0 Å². The van der Waals surface area contributed by atoms with Gasteiger partial charge in [0.2, 0.25) is 0 Å². The van der Waals surface area contributed by atoms with Crippen molar-refractivity contribution in [1.82, 2.24) is 24.8 Å². The molecule has 0 unspecified atom stereocenters. The van der Waals surface area contributed by atoms with Gasteiger partial charge in [-0.25, -0.2) is 9.48 Å². The number of rotatable bonds is 5. The molecule has 2 rings (SSSR count). The lowest BCUT2D eigenvalue weighted by atomic mass is 10.2. The highest BCUT2D eigenvalue weighted by Crippen LogP contribution is 2.21. The minimum absolute atomic E-state index is 0.0379. The molecule has 0 atom stereocenters. The smallest absolute Gasteiger partial charge is 0.358 e.